The fraction of sp³-hybridized carbons (Fsp3) is 0.533. The average molecular weight is 684 g/mol. The minimum absolute atomic E-state index is 0.0701. The van der Waals surface area contributed by atoms with E-state index < -0.39 is 42.6 Å². The number of aryl methyl sites for hydroxylation is 1. The van der Waals surface area contributed by atoms with Crippen LogP contribution in [0.5, 0.6) is 5.88 Å². The number of Topliss-reactive ketones (excluding diaryl/α,β-unsaturated/α-hetero) is 1. The number of carbonyl (C=O) groups excluding carboxylic acids is 2. The molecule has 1 aromatic carbocycles. The highest BCUT2D eigenvalue weighted by Crippen LogP contribution is 2.37. The highest BCUT2D eigenvalue weighted by Gasteiger charge is 2.34. The Morgan fingerprint density at radius 2 is 1.74 bits per heavy atom. The highest BCUT2D eigenvalue weighted by molar-refractivity contribution is 5.99. The van der Waals surface area contributed by atoms with E-state index in [1.165, 1.54) is 50.4 Å². The van der Waals surface area contributed by atoms with Crippen LogP contribution in [-0.2, 0) is 24.6 Å². The molecule has 1 unspecified atom stereocenters. The monoisotopic (exact) mass is 683 g/mol. The number of hydrogen-bond acceptors (Lipinski definition) is 7. The number of aliphatic hydroxyl groups excluding tert-OH is 1. The normalized spacial score (nSPS) is 16.8. The Morgan fingerprint density at radius 3 is 2.28 bits per heavy atom. The van der Waals surface area contributed by atoms with Gasteiger partial charge >= 0.3 is 6.18 Å². The van der Waals surface area contributed by atoms with E-state index in [0.717, 1.165) is 30.9 Å². The first kappa shape index (κ1) is 39.2. The number of amides is 1. The Morgan fingerprint density at radius 1 is 1.11 bits per heavy atom. The summed E-state index contributed by atoms with van der Waals surface area (Å²) < 4.78 is 100. The summed E-state index contributed by atoms with van der Waals surface area (Å²) in [6, 6.07) is 4.43. The number of rotatable bonds is 10. The quantitative estimate of drug-likeness (QED) is 0.153. The molecule has 3 aromatic rings. The van der Waals surface area contributed by atoms with Crippen molar-refractivity contribution in [2.75, 3.05) is 18.6 Å². The molecule has 1 fully saturated rings. The zero-order chi connectivity index (χ0) is 35.5. The van der Waals surface area contributed by atoms with Crippen LogP contribution in [0.25, 0.3) is 11.2 Å². The summed E-state index contributed by atoms with van der Waals surface area (Å²) in [6.07, 6.45) is -4.10. The molecule has 0 spiro atoms. The lowest BCUT2D eigenvalue weighted by Gasteiger charge is -2.23. The van der Waals surface area contributed by atoms with Gasteiger partial charge in [0.15, 0.2) is 18.0 Å². The minimum Gasteiger partial charge on any atom is -0.471 e. The van der Waals surface area contributed by atoms with Crippen LogP contribution >= 0.6 is 0 Å². The third kappa shape index (κ3) is 11.3. The Labute approximate surface area is 265 Å². The fourth-order valence-corrected chi connectivity index (χ4v) is 4.70. The second kappa shape index (κ2) is 17.8. The SMILES string of the molecule is CC(=O)c1cc2nc(Nc3cc(CNC(=O)C(C)O)ccc3C(F)(F)F)n(C)c2nc1OCC(F)F.CC1CCC(CF)CC1.FF. The highest BCUT2D eigenvalue weighted by atomic mass is 20.0. The number of hydrogen-bond donors (Lipinski definition) is 3. The first-order valence-electron chi connectivity index (χ1n) is 14.5. The second-order valence-electron chi connectivity index (χ2n) is 11.1. The summed E-state index contributed by atoms with van der Waals surface area (Å²) in [7, 11) is 1.43. The van der Waals surface area contributed by atoms with Crippen LogP contribution < -0.4 is 15.4 Å². The lowest BCUT2D eigenvalue weighted by Crippen LogP contribution is -2.32. The molecular weight excluding hydrogens is 646 g/mol. The van der Waals surface area contributed by atoms with Gasteiger partial charge in [0.1, 0.15) is 11.6 Å². The van der Waals surface area contributed by atoms with Gasteiger partial charge in [0, 0.05) is 22.7 Å². The number of anilines is 2. The lowest BCUT2D eigenvalue weighted by molar-refractivity contribution is -0.137. The molecule has 1 aliphatic rings. The molecule has 0 radical (unpaired) electrons. The molecule has 2 aromatic heterocycles. The van der Waals surface area contributed by atoms with Crippen molar-refractivity contribution in [1.29, 1.82) is 0 Å². The fourth-order valence-electron chi connectivity index (χ4n) is 4.70. The van der Waals surface area contributed by atoms with Gasteiger partial charge in [-0.1, -0.05) is 25.8 Å². The maximum absolute atomic E-state index is 13.7. The number of alkyl halides is 6. The first-order chi connectivity index (χ1) is 22.1. The number of halogens is 8. The smallest absolute Gasteiger partial charge is 0.418 e. The number of aliphatic hydroxyl groups is 1. The van der Waals surface area contributed by atoms with Crippen molar-refractivity contribution < 1.29 is 54.9 Å². The van der Waals surface area contributed by atoms with Crippen molar-refractivity contribution in [3.63, 3.8) is 0 Å². The number of nitrogens with zero attached hydrogens (tertiary/aromatic N) is 3. The van der Waals surface area contributed by atoms with Crippen molar-refractivity contribution in [2.24, 2.45) is 18.9 Å². The zero-order valence-electron chi connectivity index (χ0n) is 26.1. The molecule has 17 heteroatoms. The van der Waals surface area contributed by atoms with Crippen molar-refractivity contribution in [3.8, 4) is 5.88 Å². The van der Waals surface area contributed by atoms with Gasteiger partial charge in [-0.2, -0.15) is 18.2 Å². The number of aromatic nitrogens is 3. The van der Waals surface area contributed by atoms with Crippen molar-refractivity contribution in [2.45, 2.75) is 71.7 Å². The summed E-state index contributed by atoms with van der Waals surface area (Å²) in [5.74, 6) is -0.406. The molecule has 1 aliphatic carbocycles. The summed E-state index contributed by atoms with van der Waals surface area (Å²) in [5.41, 5.74) is -1.02. The Balaban J connectivity index is 0.000000594. The second-order valence-corrected chi connectivity index (χ2v) is 11.1. The number of ether oxygens (including phenoxy) is 1. The summed E-state index contributed by atoms with van der Waals surface area (Å²) in [4.78, 5) is 31.8. The Hall–Kier alpha value is -4.02. The molecule has 1 amide bonds. The number of ketones is 1. The molecule has 1 atom stereocenters. The summed E-state index contributed by atoms with van der Waals surface area (Å²) >= 11 is 0. The topological polar surface area (TPSA) is 118 Å². The lowest BCUT2D eigenvalue weighted by atomic mass is 9.84. The number of carbonyl (C=O) groups is 2. The van der Waals surface area contributed by atoms with Gasteiger partial charge in [-0.05, 0) is 62.3 Å². The summed E-state index contributed by atoms with van der Waals surface area (Å²) in [6.45, 7) is 3.44. The van der Waals surface area contributed by atoms with E-state index in [0.29, 0.717) is 11.5 Å². The molecule has 0 aliphatic heterocycles. The van der Waals surface area contributed by atoms with E-state index in [1.807, 2.05) is 0 Å². The van der Waals surface area contributed by atoms with E-state index in [4.69, 9.17) is 13.9 Å². The van der Waals surface area contributed by atoms with Crippen LogP contribution in [0.1, 0.15) is 67.9 Å². The molecule has 2 heterocycles. The van der Waals surface area contributed by atoms with Crippen LogP contribution in [-0.4, -0.2) is 57.1 Å². The molecule has 3 N–H and O–H groups in total. The maximum atomic E-state index is 13.7. The van der Waals surface area contributed by atoms with Crippen LogP contribution in [0.2, 0.25) is 0 Å². The van der Waals surface area contributed by atoms with E-state index in [-0.39, 0.29) is 47.5 Å². The predicted octanol–water partition coefficient (Wildman–Crippen LogP) is 7.20. The molecule has 262 valence electrons. The van der Waals surface area contributed by atoms with E-state index >= 15 is 0 Å². The zero-order valence-corrected chi connectivity index (χ0v) is 26.1. The molecule has 9 nitrogen and oxygen atoms in total. The average Bonchev–Trinajstić information content (AvgIpc) is 3.32. The van der Waals surface area contributed by atoms with Crippen LogP contribution in [0.3, 0.4) is 0 Å². The van der Waals surface area contributed by atoms with Gasteiger partial charge in [0.05, 0.1) is 23.5 Å². The number of benzene rings is 1. The maximum Gasteiger partial charge on any atom is 0.418 e. The standard InChI is InChI=1S/C22H22F5N5O4.C8H15F.F2/c1-10(33)13-7-16-18(31-20(13)36-9-17(23)24)32(3)21(30-16)29-15-6-12(8-28-19(35)11(2)34)4-5-14(15)22(25,26)27;1-7-2-4-8(6-9)5-3-7;1-2/h4-7,11,17,34H,8-9H2,1-3H3,(H,28,35)(H,29,30);7-8H,2-6H2,1H3;. The Bertz CT molecular complexity index is 1470. The van der Waals surface area contributed by atoms with Gasteiger partial charge < -0.3 is 20.5 Å². The number of pyridine rings is 1. The van der Waals surface area contributed by atoms with Crippen LogP contribution in [0.4, 0.5) is 47.1 Å². The van der Waals surface area contributed by atoms with Gasteiger partial charge in [-0.25, -0.2) is 13.8 Å². The third-order valence-corrected chi connectivity index (χ3v) is 7.37. The molecular formula is C30H37F8N5O4. The third-order valence-electron chi connectivity index (χ3n) is 7.37. The molecule has 0 saturated heterocycles. The largest absolute Gasteiger partial charge is 0.471 e. The van der Waals surface area contributed by atoms with Crippen LogP contribution in [0, 0.1) is 11.8 Å². The number of fused-ring (bicyclic) bond motifs is 1. The van der Waals surface area contributed by atoms with Gasteiger partial charge in [-0.15, -0.1) is 0 Å². The molecule has 47 heavy (non-hydrogen) atoms. The van der Waals surface area contributed by atoms with E-state index in [9.17, 15) is 41.0 Å². The van der Waals surface area contributed by atoms with Crippen molar-refractivity contribution in [3.05, 3.63) is 41.0 Å². The first-order valence-corrected chi connectivity index (χ1v) is 14.5. The van der Waals surface area contributed by atoms with Crippen molar-refractivity contribution >= 4 is 34.5 Å². The van der Waals surface area contributed by atoms with Crippen molar-refractivity contribution in [1.82, 2.24) is 19.9 Å². The molecule has 4 rings (SSSR count). The Kier molecular flexibility index (Phi) is 14.8. The summed E-state index contributed by atoms with van der Waals surface area (Å²) in [5, 5.41) is 14.3. The van der Waals surface area contributed by atoms with Gasteiger partial charge in [-0.3, -0.25) is 18.5 Å². The van der Waals surface area contributed by atoms with Crippen LogP contribution in [0.15, 0.2) is 24.3 Å². The minimum atomic E-state index is -4.73. The number of imidazole rings is 1. The van der Waals surface area contributed by atoms with E-state index in [2.05, 4.69) is 27.5 Å². The molecule has 1 saturated carbocycles. The predicted molar refractivity (Wildman–Crippen MR) is 158 cm³/mol. The van der Waals surface area contributed by atoms with Gasteiger partial charge in [0.2, 0.25) is 17.7 Å². The number of nitrogens with one attached hydrogen (secondary N) is 2. The van der Waals surface area contributed by atoms with E-state index in [1.54, 1.807) is 0 Å². The molecule has 0 bridgehead atoms. The van der Waals surface area contributed by atoms with Gasteiger partial charge in [0.25, 0.3) is 6.43 Å².